The van der Waals surface area contributed by atoms with Crippen molar-refractivity contribution < 1.29 is 15.0 Å². The Labute approximate surface area is 153 Å². The Kier molecular flexibility index (Phi) is 5.08. The van der Waals surface area contributed by atoms with Crippen LogP contribution in [0.5, 0.6) is 5.75 Å². The highest BCUT2D eigenvalue weighted by atomic mass is 16.4. The van der Waals surface area contributed by atoms with Gasteiger partial charge < -0.3 is 10.2 Å². The number of carbonyl (C=O) groups is 1. The summed E-state index contributed by atoms with van der Waals surface area (Å²) in [7, 11) is 0. The van der Waals surface area contributed by atoms with E-state index < -0.39 is 5.97 Å². The van der Waals surface area contributed by atoms with Crippen molar-refractivity contribution in [2.45, 2.75) is 25.7 Å². The fraction of sp³-hybridized carbons (Fsp3) is 0.174. The van der Waals surface area contributed by atoms with E-state index in [9.17, 15) is 15.0 Å². The molecule has 0 heterocycles. The molecule has 0 aliphatic carbocycles. The van der Waals surface area contributed by atoms with Crippen LogP contribution >= 0.6 is 0 Å². The molecule has 0 aromatic heterocycles. The second kappa shape index (κ2) is 7.44. The minimum atomic E-state index is -1.12. The summed E-state index contributed by atoms with van der Waals surface area (Å²) >= 11 is 0. The average Bonchev–Trinajstić information content (AvgIpc) is 2.68. The van der Waals surface area contributed by atoms with Crippen LogP contribution in [0.1, 0.15) is 58.3 Å². The van der Waals surface area contributed by atoms with Crippen molar-refractivity contribution in [1.82, 2.24) is 0 Å². The molecule has 2 N–H and O–H groups in total. The Hall–Kier alpha value is -3.07. The zero-order valence-electron chi connectivity index (χ0n) is 14.9. The van der Waals surface area contributed by atoms with Crippen LogP contribution in [0, 0.1) is 0 Å². The fourth-order valence-electron chi connectivity index (χ4n) is 3.19. The maximum absolute atomic E-state index is 11.2. The Balaban J connectivity index is 1.84. The summed E-state index contributed by atoms with van der Waals surface area (Å²) in [6, 6.07) is 23.6. The summed E-state index contributed by atoms with van der Waals surface area (Å²) in [5.74, 6) is -0.980. The van der Waals surface area contributed by atoms with Crippen LogP contribution in [-0.4, -0.2) is 16.2 Å². The number of phenols is 1. The molecule has 2 atom stereocenters. The molecule has 0 saturated carbocycles. The first-order chi connectivity index (χ1) is 12.5. The van der Waals surface area contributed by atoms with E-state index in [0.29, 0.717) is 5.92 Å². The molecule has 132 valence electrons. The second-order valence-electron chi connectivity index (χ2n) is 6.60. The standard InChI is InChI=1S/C23H22O3/c1-15(17-6-4-3-5-7-17)18-8-10-19(11-9-18)16(2)20-12-13-22(24)21(14-20)23(25)26/h3-16,24H,1-2H3,(H,25,26). The molecule has 0 fully saturated rings. The van der Waals surface area contributed by atoms with Crippen molar-refractivity contribution in [3.8, 4) is 5.75 Å². The lowest BCUT2D eigenvalue weighted by molar-refractivity contribution is 0.0693. The highest BCUT2D eigenvalue weighted by molar-refractivity contribution is 5.91. The van der Waals surface area contributed by atoms with E-state index in [1.165, 1.54) is 17.2 Å². The lowest BCUT2D eigenvalue weighted by atomic mass is 9.88. The van der Waals surface area contributed by atoms with E-state index >= 15 is 0 Å². The molecule has 2 unspecified atom stereocenters. The quantitative estimate of drug-likeness (QED) is 0.651. The molecule has 3 aromatic rings. The number of carboxylic acid groups (broad SMARTS) is 1. The molecule has 0 radical (unpaired) electrons. The monoisotopic (exact) mass is 346 g/mol. The molecule has 0 aliphatic rings. The van der Waals surface area contributed by atoms with Crippen LogP contribution in [0.15, 0.2) is 72.8 Å². The van der Waals surface area contributed by atoms with Crippen molar-refractivity contribution in [1.29, 1.82) is 0 Å². The highest BCUT2D eigenvalue weighted by Crippen LogP contribution is 2.30. The minimum Gasteiger partial charge on any atom is -0.507 e. The summed E-state index contributed by atoms with van der Waals surface area (Å²) in [6.45, 7) is 4.22. The number of hydrogen-bond acceptors (Lipinski definition) is 2. The van der Waals surface area contributed by atoms with Gasteiger partial charge in [-0.25, -0.2) is 4.79 Å². The molecular weight excluding hydrogens is 324 g/mol. The van der Waals surface area contributed by atoms with Gasteiger partial charge in [-0.2, -0.15) is 0 Å². The number of benzene rings is 3. The summed E-state index contributed by atoms with van der Waals surface area (Å²) in [5.41, 5.74) is 4.42. The van der Waals surface area contributed by atoms with Crippen LogP contribution < -0.4 is 0 Å². The summed E-state index contributed by atoms with van der Waals surface area (Å²) < 4.78 is 0. The number of aromatic carboxylic acids is 1. The normalized spacial score (nSPS) is 13.2. The maximum Gasteiger partial charge on any atom is 0.339 e. The van der Waals surface area contributed by atoms with Crippen molar-refractivity contribution in [2.24, 2.45) is 0 Å². The van der Waals surface area contributed by atoms with E-state index in [-0.39, 0.29) is 17.2 Å². The Bertz CT molecular complexity index is 898. The van der Waals surface area contributed by atoms with Crippen LogP contribution in [0.2, 0.25) is 0 Å². The van der Waals surface area contributed by atoms with Crippen molar-refractivity contribution in [2.75, 3.05) is 0 Å². The third kappa shape index (κ3) is 3.62. The smallest absolute Gasteiger partial charge is 0.339 e. The van der Waals surface area contributed by atoms with Gasteiger partial charge in [0, 0.05) is 11.8 Å². The van der Waals surface area contributed by atoms with E-state index in [2.05, 4.69) is 43.3 Å². The van der Waals surface area contributed by atoms with E-state index in [4.69, 9.17) is 0 Å². The predicted molar refractivity (Wildman–Crippen MR) is 103 cm³/mol. The van der Waals surface area contributed by atoms with Gasteiger partial charge in [0.25, 0.3) is 0 Å². The highest BCUT2D eigenvalue weighted by Gasteiger charge is 2.15. The van der Waals surface area contributed by atoms with Crippen molar-refractivity contribution >= 4 is 5.97 Å². The van der Waals surface area contributed by atoms with Gasteiger partial charge in [0.15, 0.2) is 0 Å². The van der Waals surface area contributed by atoms with E-state index in [1.54, 1.807) is 12.1 Å². The van der Waals surface area contributed by atoms with Gasteiger partial charge in [0.1, 0.15) is 11.3 Å². The lowest BCUT2D eigenvalue weighted by Gasteiger charge is -2.16. The van der Waals surface area contributed by atoms with Gasteiger partial charge in [-0.1, -0.05) is 74.5 Å². The molecule has 3 nitrogen and oxygen atoms in total. The number of aromatic hydroxyl groups is 1. The Morgan fingerprint density at radius 3 is 1.73 bits per heavy atom. The maximum atomic E-state index is 11.2. The topological polar surface area (TPSA) is 57.5 Å². The molecule has 3 heteroatoms. The van der Waals surface area contributed by atoms with Crippen LogP contribution in [0.3, 0.4) is 0 Å². The largest absolute Gasteiger partial charge is 0.507 e. The second-order valence-corrected chi connectivity index (χ2v) is 6.60. The minimum absolute atomic E-state index is 0.0368. The van der Waals surface area contributed by atoms with Crippen molar-refractivity contribution in [3.63, 3.8) is 0 Å². The first-order valence-electron chi connectivity index (χ1n) is 8.68. The molecular formula is C23H22O3. The molecule has 0 bridgehead atoms. The predicted octanol–water partition coefficient (Wildman–Crippen LogP) is 5.39. The molecule has 0 saturated heterocycles. The third-order valence-corrected chi connectivity index (χ3v) is 4.99. The van der Waals surface area contributed by atoms with E-state index in [0.717, 1.165) is 11.1 Å². The summed E-state index contributed by atoms with van der Waals surface area (Å²) in [6.07, 6.45) is 0. The number of rotatable bonds is 5. The van der Waals surface area contributed by atoms with Gasteiger partial charge in [-0.15, -0.1) is 0 Å². The number of carboxylic acids is 1. The van der Waals surface area contributed by atoms with Gasteiger partial charge in [0.2, 0.25) is 0 Å². The summed E-state index contributed by atoms with van der Waals surface area (Å²) in [4.78, 5) is 11.2. The van der Waals surface area contributed by atoms with Gasteiger partial charge in [-0.3, -0.25) is 0 Å². The van der Waals surface area contributed by atoms with Gasteiger partial charge >= 0.3 is 5.97 Å². The molecule has 0 amide bonds. The molecule has 3 rings (SSSR count). The zero-order chi connectivity index (χ0) is 18.7. The number of hydrogen-bond donors (Lipinski definition) is 2. The van der Waals surface area contributed by atoms with Gasteiger partial charge in [0.05, 0.1) is 0 Å². The fourth-order valence-corrected chi connectivity index (χ4v) is 3.19. The molecule has 26 heavy (non-hydrogen) atoms. The van der Waals surface area contributed by atoms with Crippen LogP contribution in [0.4, 0.5) is 0 Å². The van der Waals surface area contributed by atoms with Crippen molar-refractivity contribution in [3.05, 3.63) is 101 Å². The SMILES string of the molecule is CC(c1ccccc1)c1ccc(C(C)c2ccc(O)c(C(=O)O)c2)cc1. The molecule has 0 aliphatic heterocycles. The van der Waals surface area contributed by atoms with Crippen LogP contribution in [-0.2, 0) is 0 Å². The average molecular weight is 346 g/mol. The first-order valence-corrected chi connectivity index (χ1v) is 8.68. The lowest BCUT2D eigenvalue weighted by Crippen LogP contribution is -2.02. The first kappa shape index (κ1) is 17.7. The van der Waals surface area contributed by atoms with E-state index in [1.807, 2.05) is 25.1 Å². The zero-order valence-corrected chi connectivity index (χ0v) is 14.9. The molecule has 3 aromatic carbocycles. The van der Waals surface area contributed by atoms with Crippen LogP contribution in [0.25, 0.3) is 0 Å². The summed E-state index contributed by atoms with van der Waals surface area (Å²) in [5, 5.41) is 18.9. The Morgan fingerprint density at radius 1 is 0.731 bits per heavy atom. The van der Waals surface area contributed by atoms with Gasteiger partial charge in [-0.05, 0) is 34.4 Å². The third-order valence-electron chi connectivity index (χ3n) is 4.99. The molecule has 0 spiro atoms. The Morgan fingerprint density at radius 2 is 1.19 bits per heavy atom.